The van der Waals surface area contributed by atoms with Crippen LogP contribution in [0.5, 0.6) is 0 Å². The summed E-state index contributed by atoms with van der Waals surface area (Å²) < 4.78 is 5.52. The molecule has 3 aliphatic rings. The minimum absolute atomic E-state index is 0. The van der Waals surface area contributed by atoms with Gasteiger partial charge < -0.3 is 19.9 Å². The van der Waals surface area contributed by atoms with Crippen molar-refractivity contribution in [2.24, 2.45) is 10.9 Å². The zero-order chi connectivity index (χ0) is 21.5. The fraction of sp³-hybridized carbons (Fsp3) is 0.909. The fourth-order valence-electron chi connectivity index (χ4n) is 4.90. The van der Waals surface area contributed by atoms with E-state index in [1.54, 1.807) is 0 Å². The predicted molar refractivity (Wildman–Crippen MR) is 136 cm³/mol. The molecule has 3 fully saturated rings. The molecule has 0 aromatic heterocycles. The molecule has 2 atom stereocenters. The second kappa shape index (κ2) is 13.2. The van der Waals surface area contributed by atoms with E-state index < -0.39 is 0 Å². The van der Waals surface area contributed by atoms with E-state index in [-0.39, 0.29) is 30.0 Å². The Morgan fingerprint density at radius 1 is 0.903 bits per heavy atom. The molecule has 9 heteroatoms. The third-order valence-corrected chi connectivity index (χ3v) is 6.90. The molecule has 3 saturated heterocycles. The number of likely N-dealkylation sites (tertiary alicyclic amines) is 1. The Kier molecular flexibility index (Phi) is 11.3. The Balaban J connectivity index is 0.00000341. The number of hydrogen-bond donors (Lipinski definition) is 1. The summed E-state index contributed by atoms with van der Waals surface area (Å²) in [4.78, 5) is 26.5. The molecule has 0 saturated carbocycles. The van der Waals surface area contributed by atoms with Crippen molar-refractivity contribution in [2.45, 2.75) is 45.7 Å². The van der Waals surface area contributed by atoms with Crippen molar-refractivity contribution in [3.8, 4) is 0 Å². The number of morpholine rings is 1. The monoisotopic (exact) mass is 550 g/mol. The highest BCUT2D eigenvalue weighted by atomic mass is 127. The molecule has 3 heterocycles. The predicted octanol–water partition coefficient (Wildman–Crippen LogP) is 1.17. The standard InChI is InChI=1S/C22H42N6O2.HI/c1-18(2)20(26-13-15-30-16-14-26)17-24-22(23-4)28-11-9-25(10-12-28)19(3)21(29)27-7-5-6-8-27;/h18-20H,5-17H2,1-4H3,(H,23,24);1H. The highest BCUT2D eigenvalue weighted by Crippen LogP contribution is 2.15. The van der Waals surface area contributed by atoms with Gasteiger partial charge in [0, 0.05) is 72.0 Å². The summed E-state index contributed by atoms with van der Waals surface area (Å²) in [7, 11) is 1.87. The number of ether oxygens (including phenoxy) is 1. The van der Waals surface area contributed by atoms with Crippen LogP contribution in [0.25, 0.3) is 0 Å². The molecule has 3 rings (SSSR count). The maximum absolute atomic E-state index is 12.7. The van der Waals surface area contributed by atoms with E-state index in [2.05, 4.69) is 45.8 Å². The molecule has 2 unspecified atom stereocenters. The van der Waals surface area contributed by atoms with E-state index >= 15 is 0 Å². The van der Waals surface area contributed by atoms with Crippen molar-refractivity contribution in [1.29, 1.82) is 0 Å². The Bertz CT molecular complexity index is 570. The molecule has 31 heavy (non-hydrogen) atoms. The van der Waals surface area contributed by atoms with Gasteiger partial charge in [-0.3, -0.25) is 19.6 Å². The zero-order valence-electron chi connectivity index (χ0n) is 19.9. The summed E-state index contributed by atoms with van der Waals surface area (Å²) in [5.74, 6) is 1.85. The number of hydrogen-bond acceptors (Lipinski definition) is 5. The van der Waals surface area contributed by atoms with Crippen LogP contribution >= 0.6 is 24.0 Å². The maximum atomic E-state index is 12.7. The number of amides is 1. The minimum Gasteiger partial charge on any atom is -0.379 e. The van der Waals surface area contributed by atoms with Gasteiger partial charge in [-0.05, 0) is 25.7 Å². The highest BCUT2D eigenvalue weighted by molar-refractivity contribution is 14.0. The van der Waals surface area contributed by atoms with Gasteiger partial charge in [0.15, 0.2) is 5.96 Å². The number of nitrogens with zero attached hydrogens (tertiary/aromatic N) is 5. The molecule has 0 radical (unpaired) electrons. The molecular formula is C22H43IN6O2. The first-order valence-corrected chi connectivity index (χ1v) is 11.8. The maximum Gasteiger partial charge on any atom is 0.239 e. The SMILES string of the molecule is CN=C(NCC(C(C)C)N1CCOCC1)N1CCN(C(C)C(=O)N2CCCC2)CC1.I. The molecule has 3 aliphatic heterocycles. The van der Waals surface area contributed by atoms with Crippen LogP contribution in [0.15, 0.2) is 4.99 Å². The van der Waals surface area contributed by atoms with Crippen molar-refractivity contribution in [3.63, 3.8) is 0 Å². The summed E-state index contributed by atoms with van der Waals surface area (Å²) in [6.45, 7) is 16.7. The first kappa shape index (κ1) is 26.6. The van der Waals surface area contributed by atoms with Gasteiger partial charge in [-0.1, -0.05) is 13.8 Å². The van der Waals surface area contributed by atoms with Crippen LogP contribution < -0.4 is 5.32 Å². The van der Waals surface area contributed by atoms with E-state index in [4.69, 9.17) is 4.74 Å². The second-order valence-electron chi connectivity index (χ2n) is 9.12. The van der Waals surface area contributed by atoms with Crippen molar-refractivity contribution in [1.82, 2.24) is 24.9 Å². The molecule has 0 aromatic rings. The number of piperazine rings is 1. The van der Waals surface area contributed by atoms with Crippen LogP contribution in [0.3, 0.4) is 0 Å². The van der Waals surface area contributed by atoms with E-state index in [9.17, 15) is 4.79 Å². The lowest BCUT2D eigenvalue weighted by molar-refractivity contribution is -0.135. The van der Waals surface area contributed by atoms with Gasteiger partial charge in [0.25, 0.3) is 0 Å². The Labute approximate surface area is 205 Å². The third-order valence-electron chi connectivity index (χ3n) is 6.90. The zero-order valence-corrected chi connectivity index (χ0v) is 22.2. The van der Waals surface area contributed by atoms with Gasteiger partial charge in [-0.2, -0.15) is 0 Å². The third kappa shape index (κ3) is 7.17. The van der Waals surface area contributed by atoms with E-state index in [1.165, 1.54) is 0 Å². The first-order chi connectivity index (χ1) is 14.5. The van der Waals surface area contributed by atoms with Crippen LogP contribution in [0, 0.1) is 5.92 Å². The van der Waals surface area contributed by atoms with Crippen LogP contribution in [-0.4, -0.2) is 123 Å². The smallest absolute Gasteiger partial charge is 0.239 e. The first-order valence-electron chi connectivity index (χ1n) is 11.8. The number of aliphatic imine (C=N–C) groups is 1. The summed E-state index contributed by atoms with van der Waals surface area (Å²) in [6.07, 6.45) is 2.30. The quantitative estimate of drug-likeness (QED) is 0.305. The van der Waals surface area contributed by atoms with Crippen molar-refractivity contribution < 1.29 is 9.53 Å². The minimum atomic E-state index is -0.0214. The summed E-state index contributed by atoms with van der Waals surface area (Å²) >= 11 is 0. The lowest BCUT2D eigenvalue weighted by Gasteiger charge is -2.41. The van der Waals surface area contributed by atoms with Crippen molar-refractivity contribution in [3.05, 3.63) is 0 Å². The molecule has 0 bridgehead atoms. The van der Waals surface area contributed by atoms with Crippen LogP contribution in [0.2, 0.25) is 0 Å². The molecule has 0 aliphatic carbocycles. The topological polar surface area (TPSA) is 63.7 Å². The largest absolute Gasteiger partial charge is 0.379 e. The summed E-state index contributed by atoms with van der Waals surface area (Å²) in [5, 5.41) is 3.63. The summed E-state index contributed by atoms with van der Waals surface area (Å²) in [6, 6.07) is 0.455. The number of carbonyl (C=O) groups is 1. The number of carbonyl (C=O) groups excluding carboxylic acids is 1. The lowest BCUT2D eigenvalue weighted by Crippen LogP contribution is -2.58. The van der Waals surface area contributed by atoms with Gasteiger partial charge in [0.05, 0.1) is 19.3 Å². The Hall–Kier alpha value is -0.650. The van der Waals surface area contributed by atoms with Crippen LogP contribution in [0.1, 0.15) is 33.6 Å². The van der Waals surface area contributed by atoms with E-state index in [1.807, 2.05) is 11.9 Å². The molecule has 0 aromatic carbocycles. The molecule has 1 N–H and O–H groups in total. The van der Waals surface area contributed by atoms with E-state index in [0.29, 0.717) is 17.9 Å². The lowest BCUT2D eigenvalue weighted by atomic mass is 10.0. The average molecular weight is 551 g/mol. The molecule has 180 valence electrons. The van der Waals surface area contributed by atoms with Crippen LogP contribution in [-0.2, 0) is 9.53 Å². The molecule has 1 amide bonds. The number of nitrogens with one attached hydrogen (secondary N) is 1. The molecular weight excluding hydrogens is 507 g/mol. The average Bonchev–Trinajstić information content (AvgIpc) is 3.31. The van der Waals surface area contributed by atoms with E-state index in [0.717, 1.165) is 90.9 Å². The van der Waals surface area contributed by atoms with Gasteiger partial charge in [0.2, 0.25) is 5.91 Å². The van der Waals surface area contributed by atoms with Crippen molar-refractivity contribution >= 4 is 35.8 Å². The summed E-state index contributed by atoms with van der Waals surface area (Å²) in [5.41, 5.74) is 0. The number of halogens is 1. The van der Waals surface area contributed by atoms with Gasteiger partial charge in [0.1, 0.15) is 0 Å². The number of rotatable bonds is 6. The second-order valence-corrected chi connectivity index (χ2v) is 9.12. The highest BCUT2D eigenvalue weighted by Gasteiger charge is 2.31. The number of guanidine groups is 1. The molecule has 0 spiro atoms. The Morgan fingerprint density at radius 3 is 2.06 bits per heavy atom. The van der Waals surface area contributed by atoms with Gasteiger partial charge in [-0.25, -0.2) is 0 Å². The van der Waals surface area contributed by atoms with Crippen molar-refractivity contribution in [2.75, 3.05) is 79.2 Å². The van der Waals surface area contributed by atoms with Crippen LogP contribution in [0.4, 0.5) is 0 Å². The van der Waals surface area contributed by atoms with Gasteiger partial charge >= 0.3 is 0 Å². The molecule has 8 nitrogen and oxygen atoms in total. The fourth-order valence-corrected chi connectivity index (χ4v) is 4.90. The van der Waals surface area contributed by atoms with Gasteiger partial charge in [-0.15, -0.1) is 24.0 Å². The Morgan fingerprint density at radius 2 is 1.52 bits per heavy atom. The normalized spacial score (nSPS) is 23.6.